The smallest absolute Gasteiger partial charge is 0.236 e. The fraction of sp³-hybridized carbons (Fsp3) is 0.727. The van der Waals surface area contributed by atoms with Crippen LogP contribution < -0.4 is 0 Å². The molecule has 1 aliphatic rings. The van der Waals surface area contributed by atoms with Crippen LogP contribution in [-0.4, -0.2) is 21.7 Å². The number of ketones is 1. The molecule has 0 radical (unpaired) electrons. The Morgan fingerprint density at radius 3 is 3.00 bits per heavy atom. The van der Waals surface area contributed by atoms with E-state index in [1.807, 2.05) is 11.8 Å². The Morgan fingerprint density at radius 1 is 1.56 bits per heavy atom. The van der Waals surface area contributed by atoms with Crippen molar-refractivity contribution in [3.05, 3.63) is 11.7 Å². The van der Waals surface area contributed by atoms with Gasteiger partial charge >= 0.3 is 0 Å². The highest BCUT2D eigenvalue weighted by Gasteiger charge is 2.24. The molecule has 0 N–H and O–H groups in total. The van der Waals surface area contributed by atoms with E-state index < -0.39 is 0 Å². The van der Waals surface area contributed by atoms with Crippen molar-refractivity contribution in [2.24, 2.45) is 0 Å². The molecule has 16 heavy (non-hydrogen) atoms. The van der Waals surface area contributed by atoms with Crippen molar-refractivity contribution in [2.75, 3.05) is 5.75 Å². The largest absolute Gasteiger partial charge is 0.339 e. The predicted octanol–water partition coefficient (Wildman–Crippen LogP) is 2.72. The van der Waals surface area contributed by atoms with Gasteiger partial charge in [-0.2, -0.15) is 16.7 Å². The minimum Gasteiger partial charge on any atom is -0.339 e. The second kappa shape index (κ2) is 4.99. The lowest BCUT2D eigenvalue weighted by Crippen LogP contribution is -2.06. The zero-order chi connectivity index (χ0) is 11.5. The average Bonchev–Trinajstić information content (AvgIpc) is 2.78. The van der Waals surface area contributed by atoms with E-state index in [4.69, 9.17) is 4.52 Å². The molecule has 0 spiro atoms. The van der Waals surface area contributed by atoms with E-state index in [-0.39, 0.29) is 11.7 Å². The summed E-state index contributed by atoms with van der Waals surface area (Å²) in [5, 5.41) is 4.34. The van der Waals surface area contributed by atoms with E-state index >= 15 is 0 Å². The van der Waals surface area contributed by atoms with Gasteiger partial charge < -0.3 is 4.52 Å². The predicted molar refractivity (Wildman–Crippen MR) is 62.4 cm³/mol. The SMILES string of the molecule is CC(=O)C(C)c1nc(C2CCCCS2)no1. The first-order valence-electron chi connectivity index (χ1n) is 5.64. The van der Waals surface area contributed by atoms with Gasteiger partial charge in [-0.1, -0.05) is 11.6 Å². The van der Waals surface area contributed by atoms with Crippen molar-refractivity contribution in [1.29, 1.82) is 0 Å². The van der Waals surface area contributed by atoms with Crippen LogP contribution >= 0.6 is 11.8 Å². The van der Waals surface area contributed by atoms with Crippen LogP contribution in [0.15, 0.2) is 4.52 Å². The Labute approximate surface area is 99.2 Å². The second-order valence-corrected chi connectivity index (χ2v) is 5.49. The number of nitrogens with zero attached hydrogens (tertiary/aromatic N) is 2. The van der Waals surface area contributed by atoms with Gasteiger partial charge in [0.2, 0.25) is 5.89 Å². The average molecular weight is 240 g/mol. The van der Waals surface area contributed by atoms with Crippen molar-refractivity contribution in [3.8, 4) is 0 Å². The van der Waals surface area contributed by atoms with Gasteiger partial charge in [-0.25, -0.2) is 0 Å². The number of hydrogen-bond acceptors (Lipinski definition) is 5. The number of aromatic nitrogens is 2. The fourth-order valence-electron chi connectivity index (χ4n) is 1.67. The third-order valence-corrected chi connectivity index (χ3v) is 4.28. The van der Waals surface area contributed by atoms with E-state index in [2.05, 4.69) is 10.1 Å². The van der Waals surface area contributed by atoms with E-state index in [0.717, 1.165) is 18.0 Å². The molecule has 0 aliphatic carbocycles. The Kier molecular flexibility index (Phi) is 3.63. The maximum absolute atomic E-state index is 11.2. The summed E-state index contributed by atoms with van der Waals surface area (Å²) in [6, 6.07) is 0. The van der Waals surface area contributed by atoms with Crippen LogP contribution in [-0.2, 0) is 4.79 Å². The summed E-state index contributed by atoms with van der Waals surface area (Å²) in [5.74, 6) is 2.15. The molecule has 0 aromatic carbocycles. The van der Waals surface area contributed by atoms with Gasteiger partial charge in [0.05, 0.1) is 11.2 Å². The third kappa shape index (κ3) is 2.45. The maximum Gasteiger partial charge on any atom is 0.236 e. The highest BCUT2D eigenvalue weighted by molar-refractivity contribution is 7.99. The molecule has 5 heteroatoms. The van der Waals surface area contributed by atoms with Crippen LogP contribution in [0.3, 0.4) is 0 Å². The summed E-state index contributed by atoms with van der Waals surface area (Å²) in [6.45, 7) is 3.34. The van der Waals surface area contributed by atoms with Gasteiger partial charge in [-0.15, -0.1) is 0 Å². The zero-order valence-electron chi connectivity index (χ0n) is 9.60. The molecule has 2 heterocycles. The van der Waals surface area contributed by atoms with Gasteiger partial charge in [0.1, 0.15) is 5.78 Å². The molecular formula is C11H16N2O2S. The Hall–Kier alpha value is -0.840. The van der Waals surface area contributed by atoms with Gasteiger partial charge in [0.15, 0.2) is 5.82 Å². The maximum atomic E-state index is 11.2. The number of Topliss-reactive ketones (excluding diaryl/α,β-unsaturated/α-hetero) is 1. The highest BCUT2D eigenvalue weighted by Crippen LogP contribution is 2.37. The molecule has 0 bridgehead atoms. The summed E-state index contributed by atoms with van der Waals surface area (Å²) in [6.07, 6.45) is 3.61. The first-order valence-corrected chi connectivity index (χ1v) is 6.69. The molecule has 0 saturated carbocycles. The topological polar surface area (TPSA) is 56.0 Å². The molecule has 1 aromatic rings. The lowest BCUT2D eigenvalue weighted by atomic mass is 10.1. The van der Waals surface area contributed by atoms with Crippen LogP contribution in [0.1, 0.15) is 56.0 Å². The molecular weight excluding hydrogens is 224 g/mol. The van der Waals surface area contributed by atoms with Gasteiger partial charge in [0.25, 0.3) is 0 Å². The quantitative estimate of drug-likeness (QED) is 0.813. The molecule has 1 aliphatic heterocycles. The van der Waals surface area contributed by atoms with Crippen molar-refractivity contribution in [2.45, 2.75) is 44.3 Å². The van der Waals surface area contributed by atoms with Crippen LogP contribution in [0.5, 0.6) is 0 Å². The van der Waals surface area contributed by atoms with Crippen LogP contribution in [0, 0.1) is 0 Å². The first-order chi connectivity index (χ1) is 7.68. The fourth-order valence-corrected chi connectivity index (χ4v) is 2.91. The molecule has 2 atom stereocenters. The molecule has 4 nitrogen and oxygen atoms in total. The van der Waals surface area contributed by atoms with Crippen molar-refractivity contribution >= 4 is 17.5 Å². The number of hydrogen-bond donors (Lipinski definition) is 0. The normalized spacial score (nSPS) is 23.0. The summed E-state index contributed by atoms with van der Waals surface area (Å²) in [7, 11) is 0. The van der Waals surface area contributed by atoms with Crippen molar-refractivity contribution in [3.63, 3.8) is 0 Å². The van der Waals surface area contributed by atoms with Crippen LogP contribution in [0.2, 0.25) is 0 Å². The lowest BCUT2D eigenvalue weighted by Gasteiger charge is -2.17. The third-order valence-electron chi connectivity index (χ3n) is 2.91. The molecule has 1 fully saturated rings. The van der Waals surface area contributed by atoms with Crippen LogP contribution in [0.4, 0.5) is 0 Å². The monoisotopic (exact) mass is 240 g/mol. The standard InChI is InChI=1S/C11H16N2O2S/c1-7(8(2)14)11-12-10(13-15-11)9-5-3-4-6-16-9/h7,9H,3-6H2,1-2H3. The minimum absolute atomic E-state index is 0.0616. The molecule has 88 valence electrons. The summed E-state index contributed by atoms with van der Waals surface area (Å²) < 4.78 is 5.15. The second-order valence-electron chi connectivity index (χ2n) is 4.18. The summed E-state index contributed by atoms with van der Waals surface area (Å²) in [4.78, 5) is 15.5. The van der Waals surface area contributed by atoms with Crippen molar-refractivity contribution < 1.29 is 9.32 Å². The Morgan fingerprint density at radius 2 is 2.38 bits per heavy atom. The highest BCUT2D eigenvalue weighted by atomic mass is 32.2. The van der Waals surface area contributed by atoms with E-state index in [0.29, 0.717) is 11.1 Å². The summed E-state index contributed by atoms with van der Waals surface area (Å²) >= 11 is 1.88. The van der Waals surface area contributed by atoms with E-state index in [1.54, 1.807) is 13.8 Å². The first kappa shape index (κ1) is 11.6. The molecule has 1 saturated heterocycles. The van der Waals surface area contributed by atoms with E-state index in [1.165, 1.54) is 12.8 Å². The molecule has 2 unspecified atom stereocenters. The number of carbonyl (C=O) groups is 1. The van der Waals surface area contributed by atoms with Gasteiger partial charge in [-0.3, -0.25) is 4.79 Å². The Bertz CT molecular complexity index is 372. The Balaban J connectivity index is 2.09. The van der Waals surface area contributed by atoms with Crippen LogP contribution in [0.25, 0.3) is 0 Å². The summed E-state index contributed by atoms with van der Waals surface area (Å²) in [5.41, 5.74) is 0. The number of thioether (sulfide) groups is 1. The lowest BCUT2D eigenvalue weighted by molar-refractivity contribution is -0.118. The molecule has 0 amide bonds. The molecule has 1 aromatic heterocycles. The van der Waals surface area contributed by atoms with Gasteiger partial charge in [-0.05, 0) is 32.4 Å². The molecule has 2 rings (SSSR count). The number of rotatable bonds is 3. The zero-order valence-corrected chi connectivity index (χ0v) is 10.4. The van der Waals surface area contributed by atoms with E-state index in [9.17, 15) is 4.79 Å². The minimum atomic E-state index is -0.283. The van der Waals surface area contributed by atoms with Crippen molar-refractivity contribution in [1.82, 2.24) is 10.1 Å². The number of carbonyl (C=O) groups excluding carboxylic acids is 1. The van der Waals surface area contributed by atoms with Gasteiger partial charge in [0, 0.05) is 0 Å².